The molecule has 0 aliphatic heterocycles. The number of carbonyl (C=O) groups is 1. The molecule has 0 spiro atoms. The minimum atomic E-state index is -0.236. The molecule has 0 unspecified atom stereocenters. The fraction of sp³-hybridized carbons (Fsp3) is 0.438. The number of thioether (sulfide) groups is 1. The van der Waals surface area contributed by atoms with Crippen molar-refractivity contribution in [2.24, 2.45) is 0 Å². The minimum Gasteiger partial charge on any atom is -0.325 e. The van der Waals surface area contributed by atoms with Gasteiger partial charge in [-0.1, -0.05) is 27.7 Å². The van der Waals surface area contributed by atoms with Crippen LogP contribution in [-0.4, -0.2) is 25.9 Å². The van der Waals surface area contributed by atoms with E-state index in [0.29, 0.717) is 5.92 Å². The maximum absolute atomic E-state index is 12.4. The highest BCUT2D eigenvalue weighted by atomic mass is 79.9. The number of amides is 1. The fourth-order valence-corrected chi connectivity index (χ4v) is 3.50. The number of benzene rings is 1. The number of aromatic nitrogens is 3. The molecule has 1 aliphatic carbocycles. The Bertz CT molecular complexity index is 697. The summed E-state index contributed by atoms with van der Waals surface area (Å²) in [5, 5.41) is 12.1. The average molecular weight is 395 g/mol. The van der Waals surface area contributed by atoms with Crippen LogP contribution in [0.4, 0.5) is 5.69 Å². The summed E-state index contributed by atoms with van der Waals surface area (Å²) in [7, 11) is 0. The maximum atomic E-state index is 12.4. The Morgan fingerprint density at radius 1 is 1.39 bits per heavy atom. The maximum Gasteiger partial charge on any atom is 0.237 e. The summed E-state index contributed by atoms with van der Waals surface area (Å²) in [6, 6.07) is 7.56. The lowest BCUT2D eigenvalue weighted by atomic mass is 10.3. The van der Waals surface area contributed by atoms with Crippen LogP contribution >= 0.6 is 27.7 Å². The van der Waals surface area contributed by atoms with Gasteiger partial charge in [-0.2, -0.15) is 0 Å². The van der Waals surface area contributed by atoms with Gasteiger partial charge in [0.25, 0.3) is 0 Å². The van der Waals surface area contributed by atoms with Crippen molar-refractivity contribution in [2.75, 3.05) is 5.32 Å². The Hall–Kier alpha value is -1.34. The van der Waals surface area contributed by atoms with Crippen molar-refractivity contribution in [3.05, 3.63) is 34.6 Å². The van der Waals surface area contributed by atoms with Crippen molar-refractivity contribution in [1.82, 2.24) is 14.8 Å². The van der Waals surface area contributed by atoms with Gasteiger partial charge in [-0.25, -0.2) is 0 Å². The van der Waals surface area contributed by atoms with Crippen molar-refractivity contribution in [2.45, 2.75) is 49.6 Å². The van der Waals surface area contributed by atoms with Crippen LogP contribution in [0.1, 0.15) is 38.4 Å². The van der Waals surface area contributed by atoms with Crippen LogP contribution in [0.2, 0.25) is 0 Å². The number of nitrogens with one attached hydrogen (secondary N) is 1. The average Bonchev–Trinajstić information content (AvgIpc) is 3.31. The molecule has 1 aliphatic rings. The Balaban J connectivity index is 1.65. The topological polar surface area (TPSA) is 59.8 Å². The lowest BCUT2D eigenvalue weighted by molar-refractivity contribution is -0.115. The molecule has 23 heavy (non-hydrogen) atoms. The molecule has 7 heteroatoms. The molecule has 2 aromatic rings. The van der Waals surface area contributed by atoms with Crippen molar-refractivity contribution < 1.29 is 4.79 Å². The molecule has 3 rings (SSSR count). The summed E-state index contributed by atoms with van der Waals surface area (Å²) in [5.74, 6) is 1.59. The van der Waals surface area contributed by atoms with E-state index in [1.807, 2.05) is 31.2 Å². The number of anilines is 1. The van der Waals surface area contributed by atoms with Gasteiger partial charge in [0.1, 0.15) is 5.82 Å². The van der Waals surface area contributed by atoms with Crippen molar-refractivity contribution in [3.63, 3.8) is 0 Å². The highest BCUT2D eigenvalue weighted by molar-refractivity contribution is 9.10. The lowest BCUT2D eigenvalue weighted by Gasteiger charge is -2.12. The zero-order chi connectivity index (χ0) is 16.4. The first-order valence-corrected chi connectivity index (χ1v) is 9.42. The number of hydrogen-bond donors (Lipinski definition) is 1. The van der Waals surface area contributed by atoms with Crippen molar-refractivity contribution in [3.8, 4) is 0 Å². The van der Waals surface area contributed by atoms with E-state index < -0.39 is 0 Å². The third kappa shape index (κ3) is 3.95. The van der Waals surface area contributed by atoms with E-state index in [4.69, 9.17) is 0 Å². The third-order valence-corrected chi connectivity index (χ3v) is 5.38. The zero-order valence-corrected chi connectivity index (χ0v) is 15.5. The van der Waals surface area contributed by atoms with Crippen LogP contribution in [0.25, 0.3) is 0 Å². The molecule has 1 aromatic heterocycles. The van der Waals surface area contributed by atoms with Crippen molar-refractivity contribution in [1.29, 1.82) is 0 Å². The van der Waals surface area contributed by atoms with Crippen LogP contribution in [-0.2, 0) is 11.3 Å². The summed E-state index contributed by atoms with van der Waals surface area (Å²) in [4.78, 5) is 12.4. The van der Waals surface area contributed by atoms with Crippen LogP contribution in [0.3, 0.4) is 0 Å². The molecular formula is C16H19BrN4OS. The van der Waals surface area contributed by atoms with Gasteiger partial charge in [0.2, 0.25) is 5.91 Å². The van der Waals surface area contributed by atoms with Crippen LogP contribution in [0.5, 0.6) is 0 Å². The van der Waals surface area contributed by atoms with E-state index in [1.165, 1.54) is 24.6 Å². The number of nitrogens with zero attached hydrogens (tertiary/aromatic N) is 3. The Morgan fingerprint density at radius 2 is 2.09 bits per heavy atom. The Morgan fingerprint density at radius 3 is 2.70 bits per heavy atom. The summed E-state index contributed by atoms with van der Waals surface area (Å²) in [6.07, 6.45) is 2.39. The smallest absolute Gasteiger partial charge is 0.237 e. The predicted octanol–water partition coefficient (Wildman–Crippen LogP) is 4.06. The summed E-state index contributed by atoms with van der Waals surface area (Å²) in [6.45, 7) is 4.82. The molecule has 122 valence electrons. The van der Waals surface area contributed by atoms with E-state index in [1.54, 1.807) is 0 Å². The Labute approximate surface area is 148 Å². The molecule has 1 amide bonds. The van der Waals surface area contributed by atoms with Crippen molar-refractivity contribution >= 4 is 39.3 Å². The first-order valence-electron chi connectivity index (χ1n) is 7.74. The molecule has 1 atom stereocenters. The summed E-state index contributed by atoms with van der Waals surface area (Å²) >= 11 is 4.84. The number of rotatable bonds is 6. The second-order valence-electron chi connectivity index (χ2n) is 5.62. The van der Waals surface area contributed by atoms with Crippen LogP contribution < -0.4 is 5.32 Å². The lowest BCUT2D eigenvalue weighted by Crippen LogP contribution is -2.23. The SMILES string of the molecule is CCn1c(S[C@@H](C)C(=O)Nc2ccc(Br)cc2)nnc1C1CC1. The molecule has 1 fully saturated rings. The number of hydrogen-bond acceptors (Lipinski definition) is 4. The molecule has 1 aromatic carbocycles. The van der Waals surface area contributed by atoms with E-state index in [2.05, 4.69) is 42.9 Å². The Kier molecular flexibility index (Phi) is 5.06. The molecule has 1 saturated carbocycles. The first-order chi connectivity index (χ1) is 11.1. The van der Waals surface area contributed by atoms with E-state index in [0.717, 1.165) is 27.7 Å². The van der Waals surface area contributed by atoms with Gasteiger partial charge in [0.05, 0.1) is 5.25 Å². The largest absolute Gasteiger partial charge is 0.325 e. The molecule has 1 heterocycles. The standard InChI is InChI=1S/C16H19BrN4OS/c1-3-21-14(11-4-5-11)19-20-16(21)23-10(2)15(22)18-13-8-6-12(17)7-9-13/h6-11H,3-5H2,1-2H3,(H,18,22)/t10-/m0/s1. The molecule has 0 saturated heterocycles. The zero-order valence-electron chi connectivity index (χ0n) is 13.1. The first kappa shape index (κ1) is 16.5. The normalized spacial score (nSPS) is 15.4. The van der Waals surface area contributed by atoms with Gasteiger partial charge < -0.3 is 9.88 Å². The molecule has 0 bridgehead atoms. The predicted molar refractivity (Wildman–Crippen MR) is 95.8 cm³/mol. The molecule has 1 N–H and O–H groups in total. The highest BCUT2D eigenvalue weighted by Crippen LogP contribution is 2.40. The van der Waals surface area contributed by atoms with Crippen LogP contribution in [0.15, 0.2) is 33.9 Å². The minimum absolute atomic E-state index is 0.0315. The number of carbonyl (C=O) groups excluding carboxylic acids is 1. The molecule has 0 radical (unpaired) electrons. The van der Waals surface area contributed by atoms with Gasteiger partial charge in [0, 0.05) is 22.6 Å². The van der Waals surface area contributed by atoms with E-state index >= 15 is 0 Å². The van der Waals surface area contributed by atoms with Gasteiger partial charge in [-0.3, -0.25) is 4.79 Å². The van der Waals surface area contributed by atoms with E-state index in [9.17, 15) is 4.79 Å². The highest BCUT2D eigenvalue weighted by Gasteiger charge is 2.30. The summed E-state index contributed by atoms with van der Waals surface area (Å²) < 4.78 is 3.12. The molecular weight excluding hydrogens is 376 g/mol. The third-order valence-electron chi connectivity index (χ3n) is 3.77. The second kappa shape index (κ2) is 7.05. The van der Waals surface area contributed by atoms with Gasteiger partial charge in [-0.05, 0) is 51.0 Å². The fourth-order valence-electron chi connectivity index (χ4n) is 2.32. The van der Waals surface area contributed by atoms with Crippen LogP contribution in [0, 0.1) is 0 Å². The van der Waals surface area contributed by atoms with E-state index in [-0.39, 0.29) is 11.2 Å². The van der Waals surface area contributed by atoms with Gasteiger partial charge in [-0.15, -0.1) is 10.2 Å². The molecule has 5 nitrogen and oxygen atoms in total. The van der Waals surface area contributed by atoms with Gasteiger partial charge >= 0.3 is 0 Å². The van der Waals surface area contributed by atoms with Gasteiger partial charge in [0.15, 0.2) is 5.16 Å². The monoisotopic (exact) mass is 394 g/mol. The second-order valence-corrected chi connectivity index (χ2v) is 7.84. The number of halogens is 1. The quantitative estimate of drug-likeness (QED) is 0.750. The summed E-state index contributed by atoms with van der Waals surface area (Å²) in [5.41, 5.74) is 0.793.